The zero-order valence-electron chi connectivity index (χ0n) is 10.6. The first-order valence-electron chi connectivity index (χ1n) is 6.56. The lowest BCUT2D eigenvalue weighted by Crippen LogP contribution is -2.30. The summed E-state index contributed by atoms with van der Waals surface area (Å²) in [5.74, 6) is 0.322. The highest BCUT2D eigenvalue weighted by Crippen LogP contribution is 2.21. The van der Waals surface area contributed by atoms with E-state index in [0.717, 1.165) is 32.2 Å². The maximum absolute atomic E-state index is 8.41. The number of nitrogens with two attached hydrogens (primary N) is 1. The smallest absolute Gasteiger partial charge is 0.139 e. The van der Waals surface area contributed by atoms with Crippen LogP contribution >= 0.6 is 0 Å². The number of nitrogens with zero attached hydrogens (tertiary/aromatic N) is 1. The van der Waals surface area contributed by atoms with E-state index in [4.69, 9.17) is 10.9 Å². The molecule has 0 aliphatic heterocycles. The van der Waals surface area contributed by atoms with Crippen LogP contribution in [-0.4, -0.2) is 23.6 Å². The fourth-order valence-corrected chi connectivity index (χ4v) is 2.49. The molecule has 4 N–H and O–H groups in total. The molecule has 0 aromatic heterocycles. The number of nitrogens with one attached hydrogen (secondary N) is 1. The third kappa shape index (κ3) is 3.47. The number of fused-ring (bicyclic) bond motifs is 1. The van der Waals surface area contributed by atoms with Gasteiger partial charge in [-0.05, 0) is 43.4 Å². The Morgan fingerprint density at radius 3 is 2.56 bits per heavy atom. The summed E-state index contributed by atoms with van der Waals surface area (Å²) in [7, 11) is 0. The van der Waals surface area contributed by atoms with Gasteiger partial charge in [-0.3, -0.25) is 0 Å². The molecule has 0 heterocycles. The summed E-state index contributed by atoms with van der Waals surface area (Å²) in [4.78, 5) is 0. The van der Waals surface area contributed by atoms with Gasteiger partial charge in [-0.1, -0.05) is 29.4 Å². The Balaban J connectivity index is 1.62. The summed E-state index contributed by atoms with van der Waals surface area (Å²) in [6, 6.07) is 9.23. The maximum atomic E-state index is 8.41. The van der Waals surface area contributed by atoms with Crippen LogP contribution in [0.4, 0.5) is 0 Å². The summed E-state index contributed by atoms with van der Waals surface area (Å²) < 4.78 is 0. The van der Waals surface area contributed by atoms with Gasteiger partial charge >= 0.3 is 0 Å². The van der Waals surface area contributed by atoms with Gasteiger partial charge in [0, 0.05) is 12.5 Å². The molecule has 98 valence electrons. The van der Waals surface area contributed by atoms with Crippen LogP contribution in [0.3, 0.4) is 0 Å². The molecule has 18 heavy (non-hydrogen) atoms. The molecule has 0 saturated carbocycles. The maximum Gasteiger partial charge on any atom is 0.139 e. The fourth-order valence-electron chi connectivity index (χ4n) is 2.49. The third-order valence-electron chi connectivity index (χ3n) is 3.47. The van der Waals surface area contributed by atoms with Gasteiger partial charge in [0.05, 0.1) is 0 Å². The third-order valence-corrected chi connectivity index (χ3v) is 3.47. The number of oxime groups is 1. The zero-order valence-corrected chi connectivity index (χ0v) is 10.6. The molecular formula is C14H21N3O. The molecule has 0 unspecified atom stereocenters. The fraction of sp³-hybridized carbons (Fsp3) is 0.500. The summed E-state index contributed by atoms with van der Waals surface area (Å²) in [6.07, 6.45) is 4.96. The molecule has 0 atom stereocenters. The van der Waals surface area contributed by atoms with Gasteiger partial charge in [-0.15, -0.1) is 0 Å². The SMILES string of the molecule is N/C(CCCCNC1Cc2ccccc2C1)=N/O. The highest BCUT2D eigenvalue weighted by Gasteiger charge is 2.19. The molecule has 0 bridgehead atoms. The standard InChI is InChI=1S/C14H21N3O/c15-14(17-18)7-3-4-8-16-13-9-11-5-1-2-6-12(11)10-13/h1-2,5-6,13,16,18H,3-4,7-10H2,(H2,15,17). The van der Waals surface area contributed by atoms with E-state index in [2.05, 4.69) is 34.7 Å². The minimum atomic E-state index is 0.322. The highest BCUT2D eigenvalue weighted by molar-refractivity contribution is 5.79. The Labute approximate surface area is 108 Å². The predicted octanol–water partition coefficient (Wildman–Crippen LogP) is 1.66. The van der Waals surface area contributed by atoms with Crippen LogP contribution in [0.25, 0.3) is 0 Å². The molecule has 0 fully saturated rings. The van der Waals surface area contributed by atoms with Gasteiger partial charge in [0.15, 0.2) is 0 Å². The number of hydrogen-bond acceptors (Lipinski definition) is 3. The Morgan fingerprint density at radius 1 is 1.28 bits per heavy atom. The Morgan fingerprint density at radius 2 is 1.94 bits per heavy atom. The van der Waals surface area contributed by atoms with Crippen molar-refractivity contribution < 1.29 is 5.21 Å². The van der Waals surface area contributed by atoms with Crippen LogP contribution in [0.2, 0.25) is 0 Å². The summed E-state index contributed by atoms with van der Waals surface area (Å²) in [5.41, 5.74) is 8.37. The van der Waals surface area contributed by atoms with Crippen molar-refractivity contribution >= 4 is 5.84 Å². The van der Waals surface area contributed by atoms with Crippen molar-refractivity contribution in [2.45, 2.75) is 38.1 Å². The lowest BCUT2D eigenvalue weighted by Gasteiger charge is -2.11. The van der Waals surface area contributed by atoms with Crippen molar-refractivity contribution in [1.29, 1.82) is 0 Å². The molecular weight excluding hydrogens is 226 g/mol. The summed E-state index contributed by atoms with van der Waals surface area (Å²) >= 11 is 0. The van der Waals surface area contributed by atoms with Crippen LogP contribution in [-0.2, 0) is 12.8 Å². The molecule has 0 saturated heterocycles. The number of amidine groups is 1. The van der Waals surface area contributed by atoms with E-state index in [-0.39, 0.29) is 0 Å². The highest BCUT2D eigenvalue weighted by atomic mass is 16.4. The molecule has 2 rings (SSSR count). The van der Waals surface area contributed by atoms with Crippen LogP contribution in [0.15, 0.2) is 29.4 Å². The Hall–Kier alpha value is -1.55. The van der Waals surface area contributed by atoms with Gasteiger partial charge < -0.3 is 16.3 Å². The lowest BCUT2D eigenvalue weighted by molar-refractivity contribution is 0.316. The van der Waals surface area contributed by atoms with Crippen molar-refractivity contribution in [3.63, 3.8) is 0 Å². The summed E-state index contributed by atoms with van der Waals surface area (Å²) in [6.45, 7) is 0.997. The normalized spacial score (nSPS) is 15.9. The molecule has 1 aromatic rings. The molecule has 4 nitrogen and oxygen atoms in total. The van der Waals surface area contributed by atoms with Crippen molar-refractivity contribution in [2.75, 3.05) is 6.54 Å². The van der Waals surface area contributed by atoms with Gasteiger partial charge in [-0.25, -0.2) is 0 Å². The largest absolute Gasteiger partial charge is 0.409 e. The first kappa shape index (κ1) is 12.9. The number of unbranched alkanes of at least 4 members (excludes halogenated alkanes) is 1. The Kier molecular flexibility index (Phi) is 4.59. The zero-order chi connectivity index (χ0) is 12.8. The van der Waals surface area contributed by atoms with E-state index >= 15 is 0 Å². The second-order valence-electron chi connectivity index (χ2n) is 4.88. The van der Waals surface area contributed by atoms with Crippen LogP contribution in [0, 0.1) is 0 Å². The van der Waals surface area contributed by atoms with Gasteiger partial charge in [-0.2, -0.15) is 0 Å². The summed E-state index contributed by atoms with van der Waals surface area (Å²) in [5, 5.41) is 15.0. The molecule has 1 aromatic carbocycles. The Bertz CT molecular complexity index is 392. The van der Waals surface area contributed by atoms with Crippen LogP contribution in [0.5, 0.6) is 0 Å². The molecule has 4 heteroatoms. The molecule has 1 aliphatic rings. The average molecular weight is 247 g/mol. The second kappa shape index (κ2) is 6.40. The van der Waals surface area contributed by atoms with Crippen molar-refractivity contribution in [3.05, 3.63) is 35.4 Å². The molecule has 0 radical (unpaired) electrons. The predicted molar refractivity (Wildman–Crippen MR) is 72.9 cm³/mol. The molecule has 0 amide bonds. The van der Waals surface area contributed by atoms with Crippen molar-refractivity contribution in [3.8, 4) is 0 Å². The lowest BCUT2D eigenvalue weighted by atomic mass is 10.1. The van der Waals surface area contributed by atoms with Crippen molar-refractivity contribution in [2.24, 2.45) is 10.9 Å². The quantitative estimate of drug-likeness (QED) is 0.235. The van der Waals surface area contributed by atoms with E-state index in [9.17, 15) is 0 Å². The van der Waals surface area contributed by atoms with Gasteiger partial charge in [0.2, 0.25) is 0 Å². The average Bonchev–Trinajstić information content (AvgIpc) is 2.80. The minimum absolute atomic E-state index is 0.322. The van der Waals surface area contributed by atoms with E-state index in [0.29, 0.717) is 18.3 Å². The first-order chi connectivity index (χ1) is 8.79. The number of rotatable bonds is 6. The van der Waals surface area contributed by atoms with Crippen LogP contribution < -0.4 is 11.1 Å². The second-order valence-corrected chi connectivity index (χ2v) is 4.88. The number of benzene rings is 1. The van der Waals surface area contributed by atoms with Crippen LogP contribution in [0.1, 0.15) is 30.4 Å². The topological polar surface area (TPSA) is 70.6 Å². The van der Waals surface area contributed by atoms with E-state index < -0.39 is 0 Å². The molecule has 0 spiro atoms. The monoisotopic (exact) mass is 247 g/mol. The number of hydrogen-bond donors (Lipinski definition) is 3. The first-order valence-corrected chi connectivity index (χ1v) is 6.56. The minimum Gasteiger partial charge on any atom is -0.409 e. The van der Waals surface area contributed by atoms with Gasteiger partial charge in [0.1, 0.15) is 5.84 Å². The van der Waals surface area contributed by atoms with Crippen molar-refractivity contribution in [1.82, 2.24) is 5.32 Å². The van der Waals surface area contributed by atoms with E-state index in [1.54, 1.807) is 0 Å². The van der Waals surface area contributed by atoms with E-state index in [1.165, 1.54) is 11.1 Å². The molecule has 1 aliphatic carbocycles. The van der Waals surface area contributed by atoms with Gasteiger partial charge in [0.25, 0.3) is 0 Å². The van der Waals surface area contributed by atoms with E-state index in [1.807, 2.05) is 0 Å².